The van der Waals surface area contributed by atoms with Gasteiger partial charge in [0.05, 0.1) is 6.54 Å². The summed E-state index contributed by atoms with van der Waals surface area (Å²) in [6.07, 6.45) is 3.14. The van der Waals surface area contributed by atoms with Crippen LogP contribution in [0.4, 0.5) is 0 Å². The van der Waals surface area contributed by atoms with E-state index in [9.17, 15) is 0 Å². The topological polar surface area (TPSA) is 80.3 Å². The predicted molar refractivity (Wildman–Crippen MR) is 109 cm³/mol. The average Bonchev–Trinajstić information content (AvgIpc) is 3.20. The molecule has 7 nitrogen and oxygen atoms in total. The zero-order chi connectivity index (χ0) is 16.8. The van der Waals surface area contributed by atoms with Gasteiger partial charge in [0, 0.05) is 38.8 Å². The van der Waals surface area contributed by atoms with Gasteiger partial charge in [-0.2, -0.15) is 4.98 Å². The van der Waals surface area contributed by atoms with Gasteiger partial charge in [-0.05, 0) is 23.9 Å². The van der Waals surface area contributed by atoms with Crippen LogP contribution in [0, 0.1) is 6.92 Å². The number of hydrogen-bond donors (Lipinski definition) is 2. The Labute approximate surface area is 163 Å². The van der Waals surface area contributed by atoms with Crippen LogP contribution in [-0.4, -0.2) is 34.3 Å². The molecular weight excluding hydrogens is 431 g/mol. The molecule has 0 saturated heterocycles. The van der Waals surface area contributed by atoms with Crippen LogP contribution in [0.25, 0.3) is 10.9 Å². The number of para-hydroxylation sites is 1. The molecule has 0 saturated carbocycles. The Morgan fingerprint density at radius 3 is 2.84 bits per heavy atom. The Kier molecular flexibility index (Phi) is 7.23. The van der Waals surface area contributed by atoms with E-state index in [0.29, 0.717) is 18.3 Å². The molecule has 25 heavy (non-hydrogen) atoms. The van der Waals surface area contributed by atoms with E-state index in [1.165, 1.54) is 10.9 Å². The highest BCUT2D eigenvalue weighted by Gasteiger charge is 2.04. The molecule has 0 bridgehead atoms. The van der Waals surface area contributed by atoms with E-state index >= 15 is 0 Å². The quantitative estimate of drug-likeness (QED) is 0.259. The first-order valence-electron chi connectivity index (χ1n) is 8.04. The van der Waals surface area contributed by atoms with E-state index < -0.39 is 0 Å². The van der Waals surface area contributed by atoms with Crippen LogP contribution in [0.2, 0.25) is 0 Å². The second-order valence-corrected chi connectivity index (χ2v) is 5.50. The Hall–Kier alpha value is -2.10. The fourth-order valence-corrected chi connectivity index (χ4v) is 2.59. The average molecular weight is 454 g/mol. The van der Waals surface area contributed by atoms with Crippen LogP contribution in [-0.2, 0) is 13.1 Å². The zero-order valence-electron chi connectivity index (χ0n) is 14.4. The van der Waals surface area contributed by atoms with Crippen LogP contribution >= 0.6 is 24.0 Å². The molecule has 0 radical (unpaired) electrons. The molecule has 0 fully saturated rings. The summed E-state index contributed by atoms with van der Waals surface area (Å²) in [5, 5.41) is 11.6. The van der Waals surface area contributed by atoms with Gasteiger partial charge in [-0.3, -0.25) is 4.99 Å². The Morgan fingerprint density at radius 2 is 2.08 bits per heavy atom. The number of rotatable bonds is 6. The van der Waals surface area contributed by atoms with Gasteiger partial charge in [0.1, 0.15) is 0 Å². The van der Waals surface area contributed by atoms with Gasteiger partial charge in [-0.1, -0.05) is 23.4 Å². The zero-order valence-corrected chi connectivity index (χ0v) is 16.7. The summed E-state index contributed by atoms with van der Waals surface area (Å²) in [5.74, 6) is 1.91. The number of benzene rings is 1. The van der Waals surface area contributed by atoms with E-state index in [1.807, 2.05) is 0 Å². The molecule has 8 heteroatoms. The normalized spacial score (nSPS) is 11.4. The van der Waals surface area contributed by atoms with Gasteiger partial charge < -0.3 is 19.7 Å². The van der Waals surface area contributed by atoms with Gasteiger partial charge in [0.2, 0.25) is 5.89 Å². The highest BCUT2D eigenvalue weighted by molar-refractivity contribution is 14.0. The number of nitrogens with zero attached hydrogens (tertiary/aromatic N) is 4. The molecule has 2 heterocycles. The van der Waals surface area contributed by atoms with Crippen molar-refractivity contribution in [3.63, 3.8) is 0 Å². The number of aryl methyl sites for hydroxylation is 2. The molecule has 2 aromatic heterocycles. The standard InChI is InChI=1S/C17H22N6O.HI/c1-13-21-16(22-24-13)12-20-17(18-2)19-9-5-10-23-11-8-14-6-3-4-7-15(14)23;/h3-4,6-8,11H,5,9-10,12H2,1-2H3,(H2,18,19,20);1H. The predicted octanol–water partition coefficient (Wildman–Crippen LogP) is 2.71. The van der Waals surface area contributed by atoms with Crippen LogP contribution in [0.3, 0.4) is 0 Å². The highest BCUT2D eigenvalue weighted by Crippen LogP contribution is 2.15. The lowest BCUT2D eigenvalue weighted by atomic mass is 10.2. The minimum absolute atomic E-state index is 0. The number of halogens is 1. The van der Waals surface area contributed by atoms with E-state index in [2.05, 4.69) is 66.9 Å². The number of hydrogen-bond acceptors (Lipinski definition) is 4. The third-order valence-corrected chi connectivity index (χ3v) is 3.76. The number of aliphatic imine (C=N–C) groups is 1. The smallest absolute Gasteiger partial charge is 0.223 e. The van der Waals surface area contributed by atoms with Crippen LogP contribution in [0.15, 0.2) is 46.0 Å². The summed E-state index contributed by atoms with van der Waals surface area (Å²) in [6, 6.07) is 10.6. The van der Waals surface area contributed by atoms with Crippen molar-refractivity contribution in [3.05, 3.63) is 48.2 Å². The van der Waals surface area contributed by atoms with Gasteiger partial charge in [-0.15, -0.1) is 24.0 Å². The molecule has 2 N–H and O–H groups in total. The van der Waals surface area contributed by atoms with Crippen molar-refractivity contribution in [1.82, 2.24) is 25.3 Å². The van der Waals surface area contributed by atoms with Gasteiger partial charge in [0.25, 0.3) is 0 Å². The van der Waals surface area contributed by atoms with Gasteiger partial charge in [-0.25, -0.2) is 0 Å². The fourth-order valence-electron chi connectivity index (χ4n) is 2.59. The molecule has 0 aliphatic carbocycles. The molecule has 0 atom stereocenters. The maximum atomic E-state index is 4.94. The number of fused-ring (bicyclic) bond motifs is 1. The number of guanidine groups is 1. The first-order chi connectivity index (χ1) is 11.8. The molecular formula is C17H23IN6O. The molecule has 0 spiro atoms. The second kappa shape index (κ2) is 9.40. The van der Waals surface area contributed by atoms with Gasteiger partial charge >= 0.3 is 0 Å². The third-order valence-electron chi connectivity index (χ3n) is 3.76. The van der Waals surface area contributed by atoms with Crippen molar-refractivity contribution in [3.8, 4) is 0 Å². The third kappa shape index (κ3) is 5.18. The van der Waals surface area contributed by atoms with Crippen LogP contribution < -0.4 is 10.6 Å². The summed E-state index contributed by atoms with van der Waals surface area (Å²) in [6.45, 7) is 4.05. The molecule has 3 aromatic rings. The second-order valence-electron chi connectivity index (χ2n) is 5.50. The van der Waals surface area contributed by atoms with Crippen LogP contribution in [0.5, 0.6) is 0 Å². The molecule has 0 aliphatic rings. The lowest BCUT2D eigenvalue weighted by Gasteiger charge is -2.11. The Balaban J connectivity index is 0.00000225. The SMILES string of the molecule is CN=C(NCCCn1ccc2ccccc21)NCc1noc(C)n1.I. The van der Waals surface area contributed by atoms with E-state index in [-0.39, 0.29) is 24.0 Å². The molecule has 0 amide bonds. The first kappa shape index (κ1) is 19.2. The van der Waals surface area contributed by atoms with Crippen molar-refractivity contribution < 1.29 is 4.52 Å². The van der Waals surface area contributed by atoms with Crippen molar-refractivity contribution in [2.24, 2.45) is 4.99 Å². The molecule has 0 unspecified atom stereocenters. The van der Waals surface area contributed by atoms with E-state index in [1.54, 1.807) is 14.0 Å². The monoisotopic (exact) mass is 454 g/mol. The maximum absolute atomic E-state index is 4.94. The van der Waals surface area contributed by atoms with Gasteiger partial charge in [0.15, 0.2) is 11.8 Å². The molecule has 0 aliphatic heterocycles. The van der Waals surface area contributed by atoms with Crippen molar-refractivity contribution >= 4 is 40.8 Å². The largest absolute Gasteiger partial charge is 0.356 e. The lowest BCUT2D eigenvalue weighted by Crippen LogP contribution is -2.37. The Bertz CT molecular complexity index is 825. The summed E-state index contributed by atoms with van der Waals surface area (Å²) < 4.78 is 7.21. The fraction of sp³-hybridized carbons (Fsp3) is 0.353. The minimum atomic E-state index is 0. The minimum Gasteiger partial charge on any atom is -0.356 e. The summed E-state index contributed by atoms with van der Waals surface area (Å²) in [4.78, 5) is 8.35. The maximum Gasteiger partial charge on any atom is 0.223 e. The van der Waals surface area contributed by atoms with Crippen molar-refractivity contribution in [2.75, 3.05) is 13.6 Å². The van der Waals surface area contributed by atoms with E-state index in [0.717, 1.165) is 25.5 Å². The summed E-state index contributed by atoms with van der Waals surface area (Å²) in [5.41, 5.74) is 1.27. The van der Waals surface area contributed by atoms with Crippen LogP contribution in [0.1, 0.15) is 18.1 Å². The van der Waals surface area contributed by atoms with Crippen molar-refractivity contribution in [1.29, 1.82) is 0 Å². The molecule has 134 valence electrons. The first-order valence-corrected chi connectivity index (χ1v) is 8.04. The number of aromatic nitrogens is 3. The number of nitrogens with one attached hydrogen (secondary N) is 2. The summed E-state index contributed by atoms with van der Waals surface area (Å²) >= 11 is 0. The molecule has 1 aromatic carbocycles. The van der Waals surface area contributed by atoms with Crippen molar-refractivity contribution in [2.45, 2.75) is 26.4 Å². The highest BCUT2D eigenvalue weighted by atomic mass is 127. The lowest BCUT2D eigenvalue weighted by molar-refractivity contribution is 0.387. The van der Waals surface area contributed by atoms with E-state index in [4.69, 9.17) is 4.52 Å². The summed E-state index contributed by atoms with van der Waals surface area (Å²) in [7, 11) is 1.75. The molecule has 3 rings (SSSR count). The Morgan fingerprint density at radius 1 is 1.24 bits per heavy atom.